The van der Waals surface area contributed by atoms with E-state index in [1.54, 1.807) is 6.07 Å². The van der Waals surface area contributed by atoms with Crippen LogP contribution in [0.1, 0.15) is 24.4 Å². The minimum atomic E-state index is -0.208. The SMILES string of the molecule is Cl.N[C@@H](c1ccc(Br)cc1F)C1CCNCC1. The average Bonchev–Trinajstić information content (AvgIpc) is 2.29. The normalized spacial score (nSPS) is 18.5. The standard InChI is InChI=1S/C12H16BrFN2.ClH/c13-9-1-2-10(11(14)7-9)12(15)8-3-5-16-6-4-8;/h1-2,7-8,12,16H,3-6,15H2;1H/t12-;/m1./s1. The maximum Gasteiger partial charge on any atom is 0.129 e. The molecule has 0 amide bonds. The molecule has 1 aromatic carbocycles. The Kier molecular flexibility index (Phi) is 5.86. The number of piperidine rings is 1. The molecule has 3 N–H and O–H groups in total. The van der Waals surface area contributed by atoms with Crippen molar-refractivity contribution < 1.29 is 4.39 Å². The summed E-state index contributed by atoms with van der Waals surface area (Å²) in [5.74, 6) is 0.178. The molecule has 0 unspecified atom stereocenters. The lowest BCUT2D eigenvalue weighted by atomic mass is 9.86. The molecule has 1 fully saturated rings. The first-order valence-electron chi connectivity index (χ1n) is 5.59. The number of benzene rings is 1. The Hall–Kier alpha value is -0.160. The van der Waals surface area contributed by atoms with Crippen LogP contribution in [0.4, 0.5) is 4.39 Å². The first-order chi connectivity index (χ1) is 7.68. The molecule has 0 spiro atoms. The van der Waals surface area contributed by atoms with Gasteiger partial charge in [-0.3, -0.25) is 0 Å². The highest BCUT2D eigenvalue weighted by Crippen LogP contribution is 2.29. The van der Waals surface area contributed by atoms with E-state index in [1.165, 1.54) is 6.07 Å². The van der Waals surface area contributed by atoms with Crippen LogP contribution in [0, 0.1) is 11.7 Å². The van der Waals surface area contributed by atoms with Crippen molar-refractivity contribution in [1.29, 1.82) is 0 Å². The number of rotatable bonds is 2. The highest BCUT2D eigenvalue weighted by Gasteiger charge is 2.23. The van der Waals surface area contributed by atoms with Crippen LogP contribution in [0.3, 0.4) is 0 Å². The smallest absolute Gasteiger partial charge is 0.129 e. The van der Waals surface area contributed by atoms with Crippen molar-refractivity contribution in [3.05, 3.63) is 34.1 Å². The quantitative estimate of drug-likeness (QED) is 0.878. The van der Waals surface area contributed by atoms with Crippen molar-refractivity contribution in [1.82, 2.24) is 5.32 Å². The Labute approximate surface area is 116 Å². The molecule has 0 saturated carbocycles. The zero-order valence-electron chi connectivity index (χ0n) is 9.46. The summed E-state index contributed by atoms with van der Waals surface area (Å²) in [7, 11) is 0. The van der Waals surface area contributed by atoms with Crippen LogP contribution in [0.25, 0.3) is 0 Å². The van der Waals surface area contributed by atoms with Gasteiger partial charge in [-0.15, -0.1) is 12.4 Å². The molecule has 0 aliphatic carbocycles. The molecule has 0 bridgehead atoms. The van der Waals surface area contributed by atoms with Gasteiger partial charge in [0.1, 0.15) is 5.82 Å². The fourth-order valence-corrected chi connectivity index (χ4v) is 2.56. The van der Waals surface area contributed by atoms with Crippen molar-refractivity contribution in [2.45, 2.75) is 18.9 Å². The van der Waals surface area contributed by atoms with Gasteiger partial charge in [-0.25, -0.2) is 4.39 Å². The van der Waals surface area contributed by atoms with Crippen molar-refractivity contribution in [2.24, 2.45) is 11.7 Å². The molecule has 0 aromatic heterocycles. The summed E-state index contributed by atoms with van der Waals surface area (Å²) < 4.78 is 14.5. The minimum Gasteiger partial charge on any atom is -0.324 e. The third-order valence-electron chi connectivity index (χ3n) is 3.21. The maximum absolute atomic E-state index is 13.7. The van der Waals surface area contributed by atoms with Gasteiger partial charge in [0, 0.05) is 16.1 Å². The summed E-state index contributed by atoms with van der Waals surface area (Å²) in [6.45, 7) is 1.97. The zero-order chi connectivity index (χ0) is 11.5. The van der Waals surface area contributed by atoms with E-state index in [4.69, 9.17) is 5.73 Å². The lowest BCUT2D eigenvalue weighted by molar-refractivity contribution is 0.317. The van der Waals surface area contributed by atoms with E-state index in [2.05, 4.69) is 21.2 Å². The molecule has 1 saturated heterocycles. The Morgan fingerprint density at radius 1 is 1.35 bits per heavy atom. The maximum atomic E-state index is 13.7. The fourth-order valence-electron chi connectivity index (χ4n) is 2.23. The van der Waals surface area contributed by atoms with Gasteiger partial charge in [0.2, 0.25) is 0 Å². The molecule has 5 heteroatoms. The fraction of sp³-hybridized carbons (Fsp3) is 0.500. The number of halogens is 3. The topological polar surface area (TPSA) is 38.0 Å². The van der Waals surface area contributed by atoms with E-state index in [-0.39, 0.29) is 24.3 Å². The molecule has 1 aliphatic rings. The summed E-state index contributed by atoms with van der Waals surface area (Å²) >= 11 is 3.25. The Morgan fingerprint density at radius 2 is 2.00 bits per heavy atom. The van der Waals surface area contributed by atoms with Gasteiger partial charge >= 0.3 is 0 Å². The third-order valence-corrected chi connectivity index (χ3v) is 3.71. The van der Waals surface area contributed by atoms with Crippen molar-refractivity contribution in [3.63, 3.8) is 0 Å². The second-order valence-corrected chi connectivity index (χ2v) is 5.19. The van der Waals surface area contributed by atoms with Gasteiger partial charge in [0.25, 0.3) is 0 Å². The van der Waals surface area contributed by atoms with Crippen LogP contribution >= 0.6 is 28.3 Å². The van der Waals surface area contributed by atoms with E-state index < -0.39 is 0 Å². The van der Waals surface area contributed by atoms with E-state index in [1.807, 2.05) is 6.07 Å². The van der Waals surface area contributed by atoms with Gasteiger partial charge in [-0.2, -0.15) is 0 Å². The summed E-state index contributed by atoms with van der Waals surface area (Å²) in [4.78, 5) is 0. The van der Waals surface area contributed by atoms with Crippen LogP contribution in [-0.2, 0) is 0 Å². The summed E-state index contributed by atoms with van der Waals surface area (Å²) in [6, 6.07) is 4.93. The molecule has 2 nitrogen and oxygen atoms in total. The second kappa shape index (κ2) is 6.69. The zero-order valence-corrected chi connectivity index (χ0v) is 11.9. The van der Waals surface area contributed by atoms with Gasteiger partial charge in [0.05, 0.1) is 0 Å². The molecule has 2 rings (SSSR count). The van der Waals surface area contributed by atoms with E-state index >= 15 is 0 Å². The van der Waals surface area contributed by atoms with E-state index in [0.29, 0.717) is 11.5 Å². The lowest BCUT2D eigenvalue weighted by Crippen LogP contribution is -2.34. The number of nitrogens with two attached hydrogens (primary N) is 1. The summed E-state index contributed by atoms with van der Waals surface area (Å²) in [6.07, 6.45) is 2.05. The lowest BCUT2D eigenvalue weighted by Gasteiger charge is -2.28. The highest BCUT2D eigenvalue weighted by atomic mass is 79.9. The number of nitrogens with one attached hydrogen (secondary N) is 1. The van der Waals surface area contributed by atoms with Crippen molar-refractivity contribution in [2.75, 3.05) is 13.1 Å². The van der Waals surface area contributed by atoms with Crippen molar-refractivity contribution >= 4 is 28.3 Å². The van der Waals surface area contributed by atoms with Gasteiger partial charge in [-0.1, -0.05) is 22.0 Å². The van der Waals surface area contributed by atoms with Crippen LogP contribution in [0.2, 0.25) is 0 Å². The van der Waals surface area contributed by atoms with Crippen LogP contribution in [0.15, 0.2) is 22.7 Å². The largest absolute Gasteiger partial charge is 0.324 e. The predicted octanol–water partition coefficient (Wildman–Crippen LogP) is 3.01. The van der Waals surface area contributed by atoms with Crippen LogP contribution < -0.4 is 11.1 Å². The molecule has 1 aromatic rings. The van der Waals surface area contributed by atoms with Gasteiger partial charge in [0.15, 0.2) is 0 Å². The minimum absolute atomic E-state index is 0. The second-order valence-electron chi connectivity index (χ2n) is 4.28. The molecule has 1 atom stereocenters. The van der Waals surface area contributed by atoms with Crippen LogP contribution in [0.5, 0.6) is 0 Å². The monoisotopic (exact) mass is 322 g/mol. The number of hydrogen-bond acceptors (Lipinski definition) is 2. The Bertz CT molecular complexity index is 370. The van der Waals surface area contributed by atoms with E-state index in [0.717, 1.165) is 30.4 Å². The van der Waals surface area contributed by atoms with Crippen molar-refractivity contribution in [3.8, 4) is 0 Å². The molecule has 1 aliphatic heterocycles. The summed E-state index contributed by atoms with van der Waals surface area (Å²) in [5, 5.41) is 3.29. The Morgan fingerprint density at radius 3 is 2.59 bits per heavy atom. The molecule has 1 heterocycles. The van der Waals surface area contributed by atoms with E-state index in [9.17, 15) is 4.39 Å². The van der Waals surface area contributed by atoms with Gasteiger partial charge in [-0.05, 0) is 44.0 Å². The molecular weight excluding hydrogens is 307 g/mol. The first kappa shape index (κ1) is 14.9. The molecular formula is C12H17BrClFN2. The molecule has 17 heavy (non-hydrogen) atoms. The molecule has 96 valence electrons. The third kappa shape index (κ3) is 3.65. The summed E-state index contributed by atoms with van der Waals surface area (Å²) in [5.41, 5.74) is 6.77. The Balaban J connectivity index is 0.00000144. The predicted molar refractivity (Wildman–Crippen MR) is 73.9 cm³/mol. The highest BCUT2D eigenvalue weighted by molar-refractivity contribution is 9.10. The average molecular weight is 324 g/mol. The first-order valence-corrected chi connectivity index (χ1v) is 6.39. The number of hydrogen-bond donors (Lipinski definition) is 2. The van der Waals surface area contributed by atoms with Crippen LogP contribution in [-0.4, -0.2) is 13.1 Å². The molecule has 0 radical (unpaired) electrons. The van der Waals surface area contributed by atoms with Gasteiger partial charge < -0.3 is 11.1 Å².